The van der Waals surface area contributed by atoms with E-state index in [4.69, 9.17) is 4.42 Å². The summed E-state index contributed by atoms with van der Waals surface area (Å²) in [6, 6.07) is 16.1. The van der Waals surface area contributed by atoms with Crippen LogP contribution in [-0.2, 0) is 14.6 Å². The van der Waals surface area contributed by atoms with Crippen molar-refractivity contribution in [3.8, 4) is 0 Å². The molecule has 36 heavy (non-hydrogen) atoms. The van der Waals surface area contributed by atoms with Crippen LogP contribution in [0.5, 0.6) is 0 Å². The van der Waals surface area contributed by atoms with E-state index in [0.29, 0.717) is 5.56 Å². The molecular formula is C26H27N3O6S. The van der Waals surface area contributed by atoms with Crippen LogP contribution in [0.2, 0.25) is 0 Å². The molecule has 0 bridgehead atoms. The van der Waals surface area contributed by atoms with Gasteiger partial charge in [0.15, 0.2) is 5.76 Å². The van der Waals surface area contributed by atoms with Gasteiger partial charge < -0.3 is 19.5 Å². The summed E-state index contributed by atoms with van der Waals surface area (Å²) in [6.45, 7) is 4.49. The summed E-state index contributed by atoms with van der Waals surface area (Å²) in [4.78, 5) is 41.9. The predicted molar refractivity (Wildman–Crippen MR) is 132 cm³/mol. The van der Waals surface area contributed by atoms with Gasteiger partial charge in [0.05, 0.1) is 11.2 Å². The molecule has 1 fully saturated rings. The van der Waals surface area contributed by atoms with Crippen LogP contribution in [0.4, 0.5) is 0 Å². The number of piperazine rings is 1. The van der Waals surface area contributed by atoms with Crippen LogP contribution in [0.25, 0.3) is 0 Å². The molecule has 1 atom stereocenters. The quantitative estimate of drug-likeness (QED) is 0.546. The number of benzene rings is 2. The first-order valence-electron chi connectivity index (χ1n) is 11.5. The minimum Gasteiger partial charge on any atom is -0.459 e. The second kappa shape index (κ2) is 10.4. The molecule has 9 nitrogen and oxygen atoms in total. The van der Waals surface area contributed by atoms with E-state index in [0.717, 1.165) is 11.1 Å². The standard InChI is InChI=1S/C26H27N3O6S/c1-18-5-9-20(10-6-18)25(31)28-13-15-29(16-14-28)26(32)24(27-23(30)22-4-3-17-35-22)36(33,34)21-11-7-19(2)8-12-21/h3-12,17,24H,13-16H2,1-2H3,(H,27,30). The number of nitrogens with one attached hydrogen (secondary N) is 1. The maximum absolute atomic E-state index is 13.5. The Bertz CT molecular complexity index is 1340. The van der Waals surface area contributed by atoms with Crippen molar-refractivity contribution in [3.05, 3.63) is 89.4 Å². The van der Waals surface area contributed by atoms with Gasteiger partial charge >= 0.3 is 0 Å². The minimum absolute atomic E-state index is 0.0839. The normalized spacial score (nSPS) is 14.8. The summed E-state index contributed by atoms with van der Waals surface area (Å²) in [5.74, 6) is -1.85. The zero-order chi connectivity index (χ0) is 25.9. The number of carbonyl (C=O) groups excluding carboxylic acids is 3. The second-order valence-corrected chi connectivity index (χ2v) is 10.7. The summed E-state index contributed by atoms with van der Waals surface area (Å²) >= 11 is 0. The van der Waals surface area contributed by atoms with Crippen molar-refractivity contribution in [2.45, 2.75) is 24.1 Å². The van der Waals surface area contributed by atoms with Crippen LogP contribution in [-0.4, -0.2) is 67.5 Å². The third kappa shape index (κ3) is 5.33. The van der Waals surface area contributed by atoms with Crippen molar-refractivity contribution < 1.29 is 27.2 Å². The lowest BCUT2D eigenvalue weighted by molar-refractivity contribution is -0.132. The van der Waals surface area contributed by atoms with Crippen LogP contribution >= 0.6 is 0 Å². The first kappa shape index (κ1) is 25.2. The number of rotatable bonds is 6. The van der Waals surface area contributed by atoms with E-state index in [1.807, 2.05) is 26.0 Å². The highest BCUT2D eigenvalue weighted by atomic mass is 32.2. The lowest BCUT2D eigenvalue weighted by atomic mass is 10.1. The molecule has 1 unspecified atom stereocenters. The number of hydrogen-bond donors (Lipinski definition) is 1. The zero-order valence-corrected chi connectivity index (χ0v) is 20.8. The minimum atomic E-state index is -4.27. The molecule has 0 saturated carbocycles. The van der Waals surface area contributed by atoms with Gasteiger partial charge in [-0.15, -0.1) is 0 Å². The Hall–Kier alpha value is -3.92. The molecule has 188 valence electrons. The number of hydrogen-bond acceptors (Lipinski definition) is 6. The number of aryl methyl sites for hydroxylation is 2. The number of furan rings is 1. The first-order chi connectivity index (χ1) is 17.2. The van der Waals surface area contributed by atoms with Gasteiger partial charge in [0, 0.05) is 31.7 Å². The molecule has 10 heteroatoms. The third-order valence-corrected chi connectivity index (χ3v) is 7.94. The zero-order valence-electron chi connectivity index (χ0n) is 20.0. The van der Waals surface area contributed by atoms with E-state index in [1.54, 1.807) is 29.2 Å². The topological polar surface area (TPSA) is 117 Å². The molecule has 0 radical (unpaired) electrons. The van der Waals surface area contributed by atoms with Gasteiger partial charge in [0.25, 0.3) is 17.7 Å². The second-order valence-electron chi connectivity index (χ2n) is 8.67. The maximum Gasteiger partial charge on any atom is 0.288 e. The molecule has 1 aliphatic heterocycles. The van der Waals surface area contributed by atoms with E-state index in [2.05, 4.69) is 5.32 Å². The highest BCUT2D eigenvalue weighted by Gasteiger charge is 2.40. The van der Waals surface area contributed by atoms with Crippen molar-refractivity contribution >= 4 is 27.6 Å². The number of amides is 3. The molecule has 1 aliphatic rings. The number of nitrogens with zero attached hydrogens (tertiary/aromatic N) is 2. The van der Waals surface area contributed by atoms with Crippen LogP contribution < -0.4 is 5.32 Å². The molecule has 2 aromatic carbocycles. The van der Waals surface area contributed by atoms with Crippen LogP contribution in [0, 0.1) is 13.8 Å². The van der Waals surface area contributed by atoms with Gasteiger partial charge in [-0.3, -0.25) is 14.4 Å². The Labute approximate surface area is 209 Å². The Morgan fingerprint density at radius 1 is 0.833 bits per heavy atom. The van der Waals surface area contributed by atoms with E-state index in [9.17, 15) is 22.8 Å². The summed E-state index contributed by atoms with van der Waals surface area (Å²) in [7, 11) is -4.27. The Balaban J connectivity index is 1.53. The van der Waals surface area contributed by atoms with E-state index >= 15 is 0 Å². The molecule has 4 rings (SSSR count). The fourth-order valence-electron chi connectivity index (χ4n) is 3.91. The van der Waals surface area contributed by atoms with Gasteiger partial charge in [-0.1, -0.05) is 35.4 Å². The van der Waals surface area contributed by atoms with Gasteiger partial charge in [-0.05, 0) is 50.2 Å². The van der Waals surface area contributed by atoms with Gasteiger partial charge in [0.1, 0.15) is 0 Å². The highest BCUT2D eigenvalue weighted by molar-refractivity contribution is 7.92. The molecule has 0 spiro atoms. The lowest BCUT2D eigenvalue weighted by Crippen LogP contribution is -2.57. The fourth-order valence-corrected chi connectivity index (χ4v) is 5.37. The maximum atomic E-state index is 13.5. The highest BCUT2D eigenvalue weighted by Crippen LogP contribution is 2.19. The smallest absolute Gasteiger partial charge is 0.288 e. The van der Waals surface area contributed by atoms with Gasteiger partial charge in [-0.25, -0.2) is 8.42 Å². The van der Waals surface area contributed by atoms with Crippen molar-refractivity contribution in [3.63, 3.8) is 0 Å². The van der Waals surface area contributed by atoms with Crippen LogP contribution in [0.15, 0.2) is 76.2 Å². The monoisotopic (exact) mass is 509 g/mol. The first-order valence-corrected chi connectivity index (χ1v) is 13.0. The van der Waals surface area contributed by atoms with Crippen LogP contribution in [0.3, 0.4) is 0 Å². The molecule has 1 aromatic heterocycles. The predicted octanol–water partition coefficient (Wildman–Crippen LogP) is 2.41. The van der Waals surface area contributed by atoms with Crippen molar-refractivity contribution in [2.24, 2.45) is 0 Å². The van der Waals surface area contributed by atoms with Gasteiger partial charge in [0.2, 0.25) is 15.2 Å². The Morgan fingerprint density at radius 3 is 1.94 bits per heavy atom. The molecule has 3 aromatic rings. The molecular weight excluding hydrogens is 482 g/mol. The Kier molecular flexibility index (Phi) is 7.25. The average molecular weight is 510 g/mol. The third-order valence-electron chi connectivity index (χ3n) is 6.07. The molecule has 1 saturated heterocycles. The van der Waals surface area contributed by atoms with Gasteiger partial charge in [-0.2, -0.15) is 0 Å². The van der Waals surface area contributed by atoms with Crippen LogP contribution in [0.1, 0.15) is 32.0 Å². The number of sulfone groups is 1. The molecule has 2 heterocycles. The average Bonchev–Trinajstić information content (AvgIpc) is 3.42. The van der Waals surface area contributed by atoms with Crippen molar-refractivity contribution in [1.29, 1.82) is 0 Å². The lowest BCUT2D eigenvalue weighted by Gasteiger charge is -2.36. The molecule has 1 N–H and O–H groups in total. The summed E-state index contributed by atoms with van der Waals surface area (Å²) < 4.78 is 32.0. The fraction of sp³-hybridized carbons (Fsp3) is 0.269. The van der Waals surface area contributed by atoms with E-state index < -0.39 is 27.0 Å². The molecule has 0 aliphatic carbocycles. The van der Waals surface area contributed by atoms with Crippen molar-refractivity contribution in [2.75, 3.05) is 26.2 Å². The summed E-state index contributed by atoms with van der Waals surface area (Å²) in [5, 5.41) is 0.493. The largest absolute Gasteiger partial charge is 0.459 e. The number of carbonyl (C=O) groups is 3. The summed E-state index contributed by atoms with van der Waals surface area (Å²) in [6.07, 6.45) is 1.28. The van der Waals surface area contributed by atoms with E-state index in [-0.39, 0.29) is 42.7 Å². The molecule has 3 amide bonds. The van der Waals surface area contributed by atoms with E-state index in [1.165, 1.54) is 35.4 Å². The van der Waals surface area contributed by atoms with Crippen molar-refractivity contribution in [1.82, 2.24) is 15.1 Å². The SMILES string of the molecule is Cc1ccc(C(=O)N2CCN(C(=O)C(NC(=O)c3ccco3)S(=O)(=O)c3ccc(C)cc3)CC2)cc1. The Morgan fingerprint density at radius 2 is 1.39 bits per heavy atom. The summed E-state index contributed by atoms with van der Waals surface area (Å²) in [5.41, 5.74) is 2.44.